The van der Waals surface area contributed by atoms with Crippen molar-refractivity contribution in [2.75, 3.05) is 11.9 Å². The highest BCUT2D eigenvalue weighted by atomic mass is 16.3. The molecule has 1 atom stereocenters. The summed E-state index contributed by atoms with van der Waals surface area (Å²) in [6.07, 6.45) is 0.882. The molecular formula is C18H15N3O2. The SMILES string of the molecule is O[C@H](CNc1ncnc2c1oc1ccccc12)c1ccccc1. The van der Waals surface area contributed by atoms with Crippen LogP contribution in [0.25, 0.3) is 22.1 Å². The molecular weight excluding hydrogens is 290 g/mol. The Morgan fingerprint density at radius 1 is 1.00 bits per heavy atom. The predicted octanol–water partition coefficient (Wildman–Crippen LogP) is 3.52. The first-order chi connectivity index (χ1) is 11.3. The summed E-state index contributed by atoms with van der Waals surface area (Å²) in [6.45, 7) is 0.340. The zero-order chi connectivity index (χ0) is 15.6. The monoisotopic (exact) mass is 305 g/mol. The van der Waals surface area contributed by atoms with E-state index in [0.717, 1.165) is 22.0 Å². The average Bonchev–Trinajstić information content (AvgIpc) is 3.00. The van der Waals surface area contributed by atoms with Crippen molar-refractivity contribution in [1.82, 2.24) is 9.97 Å². The minimum atomic E-state index is -0.620. The van der Waals surface area contributed by atoms with Crippen molar-refractivity contribution in [3.63, 3.8) is 0 Å². The normalized spacial score (nSPS) is 12.6. The molecule has 114 valence electrons. The fraction of sp³-hybridized carbons (Fsp3) is 0.111. The standard InChI is InChI=1S/C18H15N3O2/c22-14(12-6-2-1-3-7-12)10-19-18-17-16(20-11-21-18)13-8-4-5-9-15(13)23-17/h1-9,11,14,22H,10H2,(H,19,20,21)/t14-/m1/s1. The molecule has 4 aromatic rings. The lowest BCUT2D eigenvalue weighted by atomic mass is 10.1. The molecule has 2 aromatic carbocycles. The van der Waals surface area contributed by atoms with E-state index in [9.17, 15) is 5.11 Å². The summed E-state index contributed by atoms with van der Waals surface area (Å²) in [7, 11) is 0. The summed E-state index contributed by atoms with van der Waals surface area (Å²) in [5, 5.41) is 14.4. The molecule has 0 saturated heterocycles. The van der Waals surface area contributed by atoms with Crippen LogP contribution in [0.2, 0.25) is 0 Å². The Kier molecular flexibility index (Phi) is 3.40. The first-order valence-corrected chi connectivity index (χ1v) is 7.42. The molecule has 2 N–H and O–H groups in total. The van der Waals surface area contributed by atoms with E-state index in [-0.39, 0.29) is 0 Å². The van der Waals surface area contributed by atoms with Crippen LogP contribution in [-0.4, -0.2) is 21.6 Å². The second-order valence-corrected chi connectivity index (χ2v) is 5.31. The van der Waals surface area contributed by atoms with Crippen LogP contribution in [0.5, 0.6) is 0 Å². The van der Waals surface area contributed by atoms with Gasteiger partial charge in [-0.05, 0) is 17.7 Å². The number of aliphatic hydroxyl groups excluding tert-OH is 1. The van der Waals surface area contributed by atoms with E-state index in [0.29, 0.717) is 17.9 Å². The maximum atomic E-state index is 10.3. The van der Waals surface area contributed by atoms with Gasteiger partial charge in [-0.15, -0.1) is 0 Å². The molecule has 0 bridgehead atoms. The minimum Gasteiger partial charge on any atom is -0.450 e. The van der Waals surface area contributed by atoms with Crippen LogP contribution in [0, 0.1) is 0 Å². The third-order valence-electron chi connectivity index (χ3n) is 3.81. The van der Waals surface area contributed by atoms with Gasteiger partial charge in [0.1, 0.15) is 17.4 Å². The van der Waals surface area contributed by atoms with Crippen LogP contribution < -0.4 is 5.32 Å². The van der Waals surface area contributed by atoms with Gasteiger partial charge in [0.2, 0.25) is 0 Å². The summed E-state index contributed by atoms with van der Waals surface area (Å²) in [5.74, 6) is 0.584. The van der Waals surface area contributed by atoms with Crippen molar-refractivity contribution in [3.05, 3.63) is 66.5 Å². The van der Waals surface area contributed by atoms with Gasteiger partial charge in [0.05, 0.1) is 6.10 Å². The van der Waals surface area contributed by atoms with Crippen LogP contribution in [0.3, 0.4) is 0 Å². The van der Waals surface area contributed by atoms with Crippen LogP contribution >= 0.6 is 0 Å². The molecule has 0 unspecified atom stereocenters. The predicted molar refractivity (Wildman–Crippen MR) is 89.2 cm³/mol. The maximum Gasteiger partial charge on any atom is 0.196 e. The fourth-order valence-electron chi connectivity index (χ4n) is 2.64. The molecule has 5 heteroatoms. The second kappa shape index (κ2) is 5.70. The number of rotatable bonds is 4. The molecule has 0 fully saturated rings. The quantitative estimate of drug-likeness (QED) is 0.603. The average molecular weight is 305 g/mol. The summed E-state index contributed by atoms with van der Waals surface area (Å²) in [4.78, 5) is 8.55. The third kappa shape index (κ3) is 2.51. The number of furan rings is 1. The van der Waals surface area contributed by atoms with Crippen molar-refractivity contribution in [1.29, 1.82) is 0 Å². The second-order valence-electron chi connectivity index (χ2n) is 5.31. The Morgan fingerprint density at radius 3 is 2.65 bits per heavy atom. The Balaban J connectivity index is 1.64. The van der Waals surface area contributed by atoms with E-state index < -0.39 is 6.10 Å². The lowest BCUT2D eigenvalue weighted by molar-refractivity contribution is 0.191. The van der Waals surface area contributed by atoms with Gasteiger partial charge in [0.15, 0.2) is 11.4 Å². The summed E-state index contributed by atoms with van der Waals surface area (Å²) < 4.78 is 5.85. The first kappa shape index (κ1) is 13.7. The molecule has 5 nitrogen and oxygen atoms in total. The first-order valence-electron chi connectivity index (χ1n) is 7.42. The molecule has 0 amide bonds. The Bertz CT molecular complexity index is 950. The number of aromatic nitrogens is 2. The van der Waals surface area contributed by atoms with Gasteiger partial charge in [0.25, 0.3) is 0 Å². The number of nitrogens with zero attached hydrogens (tertiary/aromatic N) is 2. The number of hydrogen-bond donors (Lipinski definition) is 2. The minimum absolute atomic E-state index is 0.340. The number of fused-ring (bicyclic) bond motifs is 3. The smallest absolute Gasteiger partial charge is 0.196 e. The van der Waals surface area contributed by atoms with Gasteiger partial charge in [0, 0.05) is 11.9 Å². The third-order valence-corrected chi connectivity index (χ3v) is 3.81. The highest BCUT2D eigenvalue weighted by Gasteiger charge is 2.14. The maximum absolute atomic E-state index is 10.3. The van der Waals surface area contributed by atoms with Crippen LogP contribution in [0.4, 0.5) is 5.82 Å². The Hall–Kier alpha value is -2.92. The molecule has 0 radical (unpaired) electrons. The zero-order valence-corrected chi connectivity index (χ0v) is 12.3. The number of para-hydroxylation sites is 1. The fourth-order valence-corrected chi connectivity index (χ4v) is 2.64. The van der Waals surface area contributed by atoms with Gasteiger partial charge in [-0.25, -0.2) is 9.97 Å². The summed E-state index contributed by atoms with van der Waals surface area (Å²) in [5.41, 5.74) is 3.01. The van der Waals surface area contributed by atoms with Crippen molar-refractivity contribution < 1.29 is 9.52 Å². The molecule has 2 heterocycles. The number of anilines is 1. The van der Waals surface area contributed by atoms with Crippen molar-refractivity contribution >= 4 is 27.9 Å². The van der Waals surface area contributed by atoms with E-state index in [1.54, 1.807) is 0 Å². The van der Waals surface area contributed by atoms with Crippen molar-refractivity contribution in [3.8, 4) is 0 Å². The van der Waals surface area contributed by atoms with E-state index >= 15 is 0 Å². The highest BCUT2D eigenvalue weighted by Crippen LogP contribution is 2.30. The van der Waals surface area contributed by atoms with E-state index in [4.69, 9.17) is 4.42 Å². The van der Waals surface area contributed by atoms with E-state index in [2.05, 4.69) is 15.3 Å². The zero-order valence-electron chi connectivity index (χ0n) is 12.3. The molecule has 0 spiro atoms. The molecule has 0 aliphatic rings. The molecule has 0 aliphatic carbocycles. The number of aliphatic hydroxyl groups is 1. The molecule has 0 saturated carbocycles. The lowest BCUT2D eigenvalue weighted by Gasteiger charge is -2.12. The lowest BCUT2D eigenvalue weighted by Crippen LogP contribution is -2.13. The molecule has 23 heavy (non-hydrogen) atoms. The van der Waals surface area contributed by atoms with Gasteiger partial charge in [-0.1, -0.05) is 42.5 Å². The molecule has 2 aromatic heterocycles. The topological polar surface area (TPSA) is 71.2 Å². The van der Waals surface area contributed by atoms with Crippen LogP contribution in [0.1, 0.15) is 11.7 Å². The summed E-state index contributed by atoms with van der Waals surface area (Å²) >= 11 is 0. The van der Waals surface area contributed by atoms with Crippen molar-refractivity contribution in [2.24, 2.45) is 0 Å². The largest absolute Gasteiger partial charge is 0.450 e. The number of nitrogens with one attached hydrogen (secondary N) is 1. The van der Waals surface area contributed by atoms with Gasteiger partial charge < -0.3 is 14.8 Å². The van der Waals surface area contributed by atoms with Gasteiger partial charge in [-0.3, -0.25) is 0 Å². The van der Waals surface area contributed by atoms with Crippen molar-refractivity contribution in [2.45, 2.75) is 6.10 Å². The molecule has 0 aliphatic heterocycles. The summed E-state index contributed by atoms with van der Waals surface area (Å²) in [6, 6.07) is 17.3. The Morgan fingerprint density at radius 2 is 1.78 bits per heavy atom. The molecule has 4 rings (SSSR count). The van der Waals surface area contributed by atoms with Crippen LogP contribution in [0.15, 0.2) is 65.3 Å². The van der Waals surface area contributed by atoms with E-state index in [1.807, 2.05) is 54.6 Å². The number of hydrogen-bond acceptors (Lipinski definition) is 5. The number of benzene rings is 2. The van der Waals surface area contributed by atoms with E-state index in [1.165, 1.54) is 6.33 Å². The highest BCUT2D eigenvalue weighted by molar-refractivity contribution is 6.05. The van der Waals surface area contributed by atoms with Crippen LogP contribution in [-0.2, 0) is 0 Å². The van der Waals surface area contributed by atoms with Gasteiger partial charge in [-0.2, -0.15) is 0 Å². The Labute approximate surface area is 132 Å². The van der Waals surface area contributed by atoms with Gasteiger partial charge >= 0.3 is 0 Å².